The summed E-state index contributed by atoms with van der Waals surface area (Å²) in [6, 6.07) is 4.94. The van der Waals surface area contributed by atoms with Crippen LogP contribution in [0, 0.1) is 6.92 Å². The van der Waals surface area contributed by atoms with Crippen molar-refractivity contribution in [3.63, 3.8) is 0 Å². The summed E-state index contributed by atoms with van der Waals surface area (Å²) in [6.07, 6.45) is 2.47. The zero-order chi connectivity index (χ0) is 14.6. The highest BCUT2D eigenvalue weighted by molar-refractivity contribution is 7.90. The molecule has 104 valence electrons. The molecule has 6 nitrogen and oxygen atoms in total. The quantitative estimate of drug-likeness (QED) is 0.798. The molecule has 0 aliphatic heterocycles. The number of nitrogens with zero attached hydrogens (tertiary/aromatic N) is 1. The maximum atomic E-state index is 11.7. The van der Waals surface area contributed by atoms with E-state index in [4.69, 9.17) is 5.11 Å². The second kappa shape index (κ2) is 5.85. The lowest BCUT2D eigenvalue weighted by Crippen LogP contribution is -2.29. The molecule has 0 amide bonds. The minimum absolute atomic E-state index is 0.459. The Morgan fingerprint density at radius 2 is 2.00 bits per heavy atom. The summed E-state index contributed by atoms with van der Waals surface area (Å²) >= 11 is 0. The molecule has 2 N–H and O–H groups in total. The summed E-state index contributed by atoms with van der Waals surface area (Å²) in [5.74, 6) is -1.03. The first-order valence-electron chi connectivity index (χ1n) is 5.44. The van der Waals surface area contributed by atoms with Crippen LogP contribution in [0.25, 0.3) is 6.08 Å². The topological polar surface area (TPSA) is 86.7 Å². The Kier molecular flexibility index (Phi) is 4.68. The molecule has 0 spiro atoms. The van der Waals surface area contributed by atoms with Gasteiger partial charge in [-0.15, -0.1) is 0 Å². The van der Waals surface area contributed by atoms with Crippen LogP contribution in [0.5, 0.6) is 0 Å². The van der Waals surface area contributed by atoms with E-state index in [0.29, 0.717) is 16.8 Å². The summed E-state index contributed by atoms with van der Waals surface area (Å²) < 4.78 is 26.9. The fraction of sp³-hybridized carbons (Fsp3) is 0.250. The number of carboxylic acids is 1. The number of carboxylic acid groups (broad SMARTS) is 1. The smallest absolute Gasteiger partial charge is 0.328 e. The summed E-state index contributed by atoms with van der Waals surface area (Å²) in [4.78, 5) is 10.4. The molecule has 0 radical (unpaired) electrons. The number of rotatable bonds is 5. The Hall–Kier alpha value is -1.86. The average molecular weight is 284 g/mol. The zero-order valence-corrected chi connectivity index (χ0v) is 11.7. The Bertz CT molecular complexity index is 606. The summed E-state index contributed by atoms with van der Waals surface area (Å²) in [7, 11) is -0.677. The van der Waals surface area contributed by atoms with Crippen LogP contribution in [0.2, 0.25) is 0 Å². The fourth-order valence-corrected chi connectivity index (χ4v) is 1.99. The Morgan fingerprint density at radius 3 is 2.47 bits per heavy atom. The van der Waals surface area contributed by atoms with Crippen LogP contribution in [0.3, 0.4) is 0 Å². The van der Waals surface area contributed by atoms with E-state index in [9.17, 15) is 13.2 Å². The minimum atomic E-state index is -3.54. The third-order valence-electron chi connectivity index (χ3n) is 2.39. The molecule has 7 heteroatoms. The molecule has 0 atom stereocenters. The molecule has 0 fully saturated rings. The first kappa shape index (κ1) is 15.2. The van der Waals surface area contributed by atoms with Crippen LogP contribution >= 0.6 is 0 Å². The van der Waals surface area contributed by atoms with Crippen molar-refractivity contribution < 1.29 is 18.3 Å². The van der Waals surface area contributed by atoms with Crippen LogP contribution in [0.15, 0.2) is 24.3 Å². The van der Waals surface area contributed by atoms with E-state index < -0.39 is 16.2 Å². The van der Waals surface area contributed by atoms with Gasteiger partial charge >= 0.3 is 16.2 Å². The van der Waals surface area contributed by atoms with Crippen LogP contribution < -0.4 is 4.72 Å². The normalized spacial score (nSPS) is 12.0. The second-order valence-corrected chi connectivity index (χ2v) is 6.02. The largest absolute Gasteiger partial charge is 0.478 e. The number of hydrogen-bond donors (Lipinski definition) is 2. The van der Waals surface area contributed by atoms with Crippen LogP contribution in [-0.4, -0.2) is 37.9 Å². The van der Waals surface area contributed by atoms with E-state index >= 15 is 0 Å². The summed E-state index contributed by atoms with van der Waals surface area (Å²) in [5.41, 5.74) is 1.85. The minimum Gasteiger partial charge on any atom is -0.478 e. The van der Waals surface area contributed by atoms with Gasteiger partial charge in [0.2, 0.25) is 0 Å². The van der Waals surface area contributed by atoms with Gasteiger partial charge in [0.05, 0.1) is 5.69 Å². The number of carbonyl (C=O) groups is 1. The monoisotopic (exact) mass is 284 g/mol. The van der Waals surface area contributed by atoms with E-state index in [-0.39, 0.29) is 0 Å². The van der Waals surface area contributed by atoms with Crippen molar-refractivity contribution in [2.75, 3.05) is 18.8 Å². The lowest BCUT2D eigenvalue weighted by atomic mass is 10.1. The Balaban J connectivity index is 2.99. The van der Waals surface area contributed by atoms with Gasteiger partial charge in [-0.05, 0) is 36.3 Å². The van der Waals surface area contributed by atoms with E-state index in [2.05, 4.69) is 4.72 Å². The highest BCUT2D eigenvalue weighted by atomic mass is 32.2. The second-order valence-electron chi connectivity index (χ2n) is 4.14. The molecular formula is C12H16N2O4S. The molecule has 0 aliphatic carbocycles. The van der Waals surface area contributed by atoms with Crippen LogP contribution in [0.4, 0.5) is 5.69 Å². The molecule has 19 heavy (non-hydrogen) atoms. The van der Waals surface area contributed by atoms with Gasteiger partial charge in [-0.25, -0.2) is 4.79 Å². The highest BCUT2D eigenvalue weighted by Crippen LogP contribution is 2.19. The predicted molar refractivity (Wildman–Crippen MR) is 74.1 cm³/mol. The molecule has 0 unspecified atom stereocenters. The number of nitrogens with one attached hydrogen (secondary N) is 1. The molecule has 1 rings (SSSR count). The molecule has 0 aromatic heterocycles. The molecule has 0 heterocycles. The molecule has 0 saturated carbocycles. The molecule has 1 aromatic rings. The molecule has 0 saturated heterocycles. The molecule has 1 aromatic carbocycles. The molecule has 0 aliphatic rings. The molecular weight excluding hydrogens is 268 g/mol. The maximum Gasteiger partial charge on any atom is 0.328 e. The average Bonchev–Trinajstić information content (AvgIpc) is 2.29. The van der Waals surface area contributed by atoms with Gasteiger partial charge in [-0.3, -0.25) is 4.72 Å². The molecule has 0 bridgehead atoms. The Morgan fingerprint density at radius 1 is 1.37 bits per heavy atom. The summed E-state index contributed by atoms with van der Waals surface area (Å²) in [5, 5.41) is 8.53. The summed E-state index contributed by atoms with van der Waals surface area (Å²) in [6.45, 7) is 1.74. The van der Waals surface area contributed by atoms with Crippen molar-refractivity contribution in [3.05, 3.63) is 35.4 Å². The van der Waals surface area contributed by atoms with E-state index in [1.54, 1.807) is 25.1 Å². The van der Waals surface area contributed by atoms with Gasteiger partial charge in [0, 0.05) is 20.2 Å². The lowest BCUT2D eigenvalue weighted by molar-refractivity contribution is -0.131. The van der Waals surface area contributed by atoms with Crippen molar-refractivity contribution in [3.8, 4) is 0 Å². The van der Waals surface area contributed by atoms with Crippen molar-refractivity contribution in [2.24, 2.45) is 0 Å². The highest BCUT2D eigenvalue weighted by Gasteiger charge is 2.13. The van der Waals surface area contributed by atoms with Crippen molar-refractivity contribution in [2.45, 2.75) is 6.92 Å². The number of benzene rings is 1. The van der Waals surface area contributed by atoms with Crippen molar-refractivity contribution in [1.29, 1.82) is 0 Å². The van der Waals surface area contributed by atoms with Crippen molar-refractivity contribution >= 4 is 27.9 Å². The van der Waals surface area contributed by atoms with Gasteiger partial charge in [-0.2, -0.15) is 12.7 Å². The van der Waals surface area contributed by atoms with Crippen molar-refractivity contribution in [1.82, 2.24) is 4.31 Å². The van der Waals surface area contributed by atoms with E-state index in [0.717, 1.165) is 10.4 Å². The maximum absolute atomic E-state index is 11.7. The standard InChI is InChI=1S/C12H16N2O4S/c1-9-8-10(5-7-12(15)16)4-6-11(9)13-19(17,18)14(2)3/h4-8,13H,1-3H3,(H,15,16). The fourth-order valence-electron chi connectivity index (χ4n) is 1.30. The van der Waals surface area contributed by atoms with Crippen LogP contribution in [-0.2, 0) is 15.0 Å². The van der Waals surface area contributed by atoms with Gasteiger partial charge in [0.25, 0.3) is 0 Å². The zero-order valence-electron chi connectivity index (χ0n) is 10.9. The third-order valence-corrected chi connectivity index (χ3v) is 3.83. The number of hydrogen-bond acceptors (Lipinski definition) is 3. The lowest BCUT2D eigenvalue weighted by Gasteiger charge is -2.15. The number of anilines is 1. The van der Waals surface area contributed by atoms with Crippen LogP contribution in [0.1, 0.15) is 11.1 Å². The first-order valence-corrected chi connectivity index (χ1v) is 6.88. The van der Waals surface area contributed by atoms with E-state index in [1.165, 1.54) is 20.2 Å². The van der Waals surface area contributed by atoms with E-state index in [1.807, 2.05) is 0 Å². The SMILES string of the molecule is Cc1cc(C=CC(=O)O)ccc1NS(=O)(=O)N(C)C. The number of aryl methyl sites for hydroxylation is 1. The van der Waals surface area contributed by atoms with Gasteiger partial charge in [0.1, 0.15) is 0 Å². The van der Waals surface area contributed by atoms with Gasteiger partial charge in [0.15, 0.2) is 0 Å². The Labute approximate surface area is 112 Å². The predicted octanol–water partition coefficient (Wildman–Crippen LogP) is 1.31. The third kappa shape index (κ3) is 4.38. The first-order chi connectivity index (χ1) is 8.72. The van der Waals surface area contributed by atoms with Gasteiger partial charge < -0.3 is 5.11 Å². The number of aliphatic carboxylic acids is 1. The van der Waals surface area contributed by atoms with Gasteiger partial charge in [-0.1, -0.05) is 6.07 Å².